The van der Waals surface area contributed by atoms with Crippen molar-refractivity contribution in [2.45, 2.75) is 44.9 Å². The smallest absolute Gasteiger partial charge is 0.368 e. The van der Waals surface area contributed by atoms with Crippen LogP contribution in [0.5, 0.6) is 0 Å². The number of alkyl halides is 3. The molecule has 4 rings (SSSR count). The van der Waals surface area contributed by atoms with Crippen molar-refractivity contribution in [1.82, 2.24) is 9.80 Å². The van der Waals surface area contributed by atoms with E-state index in [4.69, 9.17) is 28.9 Å². The molecule has 0 spiro atoms. The first-order valence-electron chi connectivity index (χ1n) is 14.0. The normalized spacial score (nSPS) is 19.1. The molecule has 14 heteroatoms. The average Bonchev–Trinajstić information content (AvgIpc) is 2.91. The number of halogens is 5. The van der Waals surface area contributed by atoms with Crippen LogP contribution in [0.1, 0.15) is 43.0 Å². The van der Waals surface area contributed by atoms with Crippen LogP contribution in [0.4, 0.5) is 18.9 Å². The molecule has 2 saturated heterocycles. The Kier molecular flexibility index (Phi) is 10.3. The van der Waals surface area contributed by atoms with Crippen molar-refractivity contribution < 1.29 is 31.2 Å². The van der Waals surface area contributed by atoms with Crippen LogP contribution in [0.25, 0.3) is 0 Å². The zero-order valence-corrected chi connectivity index (χ0v) is 26.2. The van der Waals surface area contributed by atoms with E-state index in [2.05, 4.69) is 0 Å². The molecule has 2 aliphatic heterocycles. The summed E-state index contributed by atoms with van der Waals surface area (Å²) in [6.07, 6.45) is -3.95. The molecular formula is C29H35Cl2F3N4O4S. The number of sulfone groups is 1. The van der Waals surface area contributed by atoms with Crippen molar-refractivity contribution in [2.24, 2.45) is 11.7 Å². The van der Waals surface area contributed by atoms with Crippen molar-refractivity contribution in [3.63, 3.8) is 0 Å². The largest absolute Gasteiger partial charge is 0.416 e. The summed E-state index contributed by atoms with van der Waals surface area (Å²) in [5.41, 5.74) is 7.19. The van der Waals surface area contributed by atoms with Gasteiger partial charge >= 0.3 is 6.18 Å². The molecule has 0 aromatic heterocycles. The summed E-state index contributed by atoms with van der Waals surface area (Å²) >= 11 is 12.4. The van der Waals surface area contributed by atoms with Gasteiger partial charge in [0.15, 0.2) is 9.84 Å². The Hall–Kier alpha value is -2.54. The number of nitrogens with zero attached hydrogens (tertiary/aromatic N) is 3. The molecule has 8 nitrogen and oxygen atoms in total. The third-order valence-electron chi connectivity index (χ3n) is 7.81. The number of carbonyl (C=O) groups excluding carboxylic acids is 2. The fourth-order valence-corrected chi connectivity index (χ4v) is 7.24. The zero-order chi connectivity index (χ0) is 31.7. The SMILES string of the molecule is CC(C)CC(N)c1cc(C(F)(F)F)ccc1N1CCN(C(=O)C(Cc2ccc(Cl)cc2Cl)N2CCS(=O)(=O)CC2=O)CC1. The minimum absolute atomic E-state index is 0.0634. The predicted octanol–water partition coefficient (Wildman–Crippen LogP) is 4.58. The van der Waals surface area contributed by atoms with Gasteiger partial charge in [0.25, 0.3) is 0 Å². The standard InChI is InChI=1S/C29H35Cl2F3N4O4S/c1-18(2)13-24(35)22-15-20(29(32,33)34)4-6-25(22)36-7-9-37(10-8-36)28(40)26(14-19-3-5-21(30)16-23(19)31)38-11-12-43(41,42)17-27(38)39/h3-6,15-16,18,24,26H,7-14,17,35H2,1-2H3. The number of anilines is 1. The van der Waals surface area contributed by atoms with Crippen molar-refractivity contribution >= 4 is 50.5 Å². The van der Waals surface area contributed by atoms with E-state index in [9.17, 15) is 31.2 Å². The maximum Gasteiger partial charge on any atom is 0.416 e. The van der Waals surface area contributed by atoms with E-state index in [-0.39, 0.29) is 43.6 Å². The van der Waals surface area contributed by atoms with Crippen LogP contribution in [-0.4, -0.2) is 80.3 Å². The second-order valence-corrected chi connectivity index (χ2v) is 14.5. The Balaban J connectivity index is 1.56. The third kappa shape index (κ3) is 8.14. The predicted molar refractivity (Wildman–Crippen MR) is 161 cm³/mol. The molecule has 2 N–H and O–H groups in total. The molecule has 2 amide bonds. The molecule has 2 aliphatic rings. The molecule has 236 valence electrons. The lowest BCUT2D eigenvalue weighted by Gasteiger charge is -2.41. The lowest BCUT2D eigenvalue weighted by molar-refractivity contribution is -0.145. The number of piperazine rings is 1. The van der Waals surface area contributed by atoms with E-state index in [0.717, 1.165) is 12.1 Å². The molecule has 0 radical (unpaired) electrons. The number of amides is 2. The number of carbonyl (C=O) groups is 2. The van der Waals surface area contributed by atoms with Crippen LogP contribution < -0.4 is 10.6 Å². The van der Waals surface area contributed by atoms with Gasteiger partial charge in [0.1, 0.15) is 11.8 Å². The van der Waals surface area contributed by atoms with Crippen LogP contribution in [0.3, 0.4) is 0 Å². The molecule has 0 bridgehead atoms. The Morgan fingerprint density at radius 2 is 1.70 bits per heavy atom. The van der Waals surface area contributed by atoms with Gasteiger partial charge < -0.3 is 20.4 Å². The number of nitrogens with two attached hydrogens (primary N) is 1. The maximum absolute atomic E-state index is 13.9. The molecule has 2 aromatic carbocycles. The zero-order valence-electron chi connectivity index (χ0n) is 23.9. The second kappa shape index (κ2) is 13.2. The van der Waals surface area contributed by atoms with Gasteiger partial charge in [-0.2, -0.15) is 13.2 Å². The summed E-state index contributed by atoms with van der Waals surface area (Å²) in [5, 5.41) is 0.725. The molecule has 2 unspecified atom stereocenters. The van der Waals surface area contributed by atoms with E-state index in [1.807, 2.05) is 18.7 Å². The van der Waals surface area contributed by atoms with Crippen LogP contribution >= 0.6 is 23.2 Å². The highest BCUT2D eigenvalue weighted by Gasteiger charge is 2.39. The number of hydrogen-bond acceptors (Lipinski definition) is 6. The Morgan fingerprint density at radius 1 is 1.02 bits per heavy atom. The van der Waals surface area contributed by atoms with Crippen LogP contribution in [-0.2, 0) is 32.0 Å². The van der Waals surface area contributed by atoms with Gasteiger partial charge in [0.05, 0.1) is 11.3 Å². The fraction of sp³-hybridized carbons (Fsp3) is 0.517. The first-order chi connectivity index (χ1) is 20.1. The van der Waals surface area contributed by atoms with Gasteiger partial charge in [-0.3, -0.25) is 9.59 Å². The highest BCUT2D eigenvalue weighted by Crippen LogP contribution is 2.37. The van der Waals surface area contributed by atoms with Crippen molar-refractivity contribution in [2.75, 3.05) is 49.1 Å². The van der Waals surface area contributed by atoms with E-state index in [1.54, 1.807) is 17.0 Å². The molecule has 43 heavy (non-hydrogen) atoms. The van der Waals surface area contributed by atoms with E-state index in [0.29, 0.717) is 46.4 Å². The van der Waals surface area contributed by atoms with Gasteiger partial charge in [-0.05, 0) is 53.8 Å². The maximum atomic E-state index is 13.9. The van der Waals surface area contributed by atoms with Gasteiger partial charge in [0.2, 0.25) is 11.8 Å². The van der Waals surface area contributed by atoms with Crippen LogP contribution in [0.15, 0.2) is 36.4 Å². The lowest BCUT2D eigenvalue weighted by atomic mass is 9.94. The first-order valence-corrected chi connectivity index (χ1v) is 16.6. The van der Waals surface area contributed by atoms with Crippen molar-refractivity contribution in [3.8, 4) is 0 Å². The molecule has 2 fully saturated rings. The number of benzene rings is 2. The minimum Gasteiger partial charge on any atom is -0.368 e. The summed E-state index contributed by atoms with van der Waals surface area (Å²) in [7, 11) is -3.55. The summed E-state index contributed by atoms with van der Waals surface area (Å²) in [5.74, 6) is -1.76. The Labute approximate surface area is 259 Å². The van der Waals surface area contributed by atoms with E-state index < -0.39 is 45.3 Å². The van der Waals surface area contributed by atoms with Gasteiger partial charge in [-0.25, -0.2) is 8.42 Å². The molecule has 2 aromatic rings. The summed E-state index contributed by atoms with van der Waals surface area (Å²) in [4.78, 5) is 31.7. The van der Waals surface area contributed by atoms with Gasteiger partial charge in [-0.15, -0.1) is 0 Å². The minimum atomic E-state index is -4.51. The third-order valence-corrected chi connectivity index (χ3v) is 9.89. The monoisotopic (exact) mass is 662 g/mol. The van der Waals surface area contributed by atoms with Gasteiger partial charge in [-0.1, -0.05) is 43.1 Å². The number of rotatable bonds is 8. The van der Waals surface area contributed by atoms with Crippen molar-refractivity contribution in [3.05, 3.63) is 63.1 Å². The quantitative estimate of drug-likeness (QED) is 0.444. The summed E-state index contributed by atoms with van der Waals surface area (Å²) in [6.45, 7) is 4.92. The molecular weight excluding hydrogens is 628 g/mol. The summed E-state index contributed by atoms with van der Waals surface area (Å²) in [6, 6.07) is 6.82. The van der Waals surface area contributed by atoms with Gasteiger partial charge in [0, 0.05) is 60.9 Å². The van der Waals surface area contributed by atoms with Crippen molar-refractivity contribution in [1.29, 1.82) is 0 Å². The van der Waals surface area contributed by atoms with Crippen LogP contribution in [0.2, 0.25) is 10.0 Å². The fourth-order valence-electron chi connectivity index (χ4n) is 5.59. The second-order valence-electron chi connectivity index (χ2n) is 11.5. The van der Waals surface area contributed by atoms with E-state index >= 15 is 0 Å². The molecule has 2 heterocycles. The van der Waals surface area contributed by atoms with E-state index in [1.165, 1.54) is 17.0 Å². The highest BCUT2D eigenvalue weighted by molar-refractivity contribution is 7.92. The molecule has 0 aliphatic carbocycles. The van der Waals surface area contributed by atoms with Crippen LogP contribution in [0, 0.1) is 5.92 Å². The Morgan fingerprint density at radius 3 is 2.28 bits per heavy atom. The topological polar surface area (TPSA) is 104 Å². The Bertz CT molecular complexity index is 1460. The molecule has 2 atom stereocenters. The summed E-state index contributed by atoms with van der Waals surface area (Å²) < 4.78 is 64.8. The average molecular weight is 664 g/mol. The number of hydrogen-bond donors (Lipinski definition) is 1. The highest BCUT2D eigenvalue weighted by atomic mass is 35.5. The first kappa shape index (κ1) is 33.4. The molecule has 0 saturated carbocycles. The lowest BCUT2D eigenvalue weighted by Crippen LogP contribution is -2.59.